The smallest absolute Gasteiger partial charge is 0.409 e. The predicted molar refractivity (Wildman–Crippen MR) is 74.6 cm³/mol. The third kappa shape index (κ3) is 4.98. The number of hydrogen-bond donors (Lipinski definition) is 1. The molecule has 1 saturated heterocycles. The predicted octanol–water partition coefficient (Wildman–Crippen LogP) is 1.09. The summed E-state index contributed by atoms with van der Waals surface area (Å²) in [5.41, 5.74) is 0.520. The summed E-state index contributed by atoms with van der Waals surface area (Å²) in [7, 11) is -3.46. The lowest BCUT2D eigenvalue weighted by Gasteiger charge is -2.12. The first-order chi connectivity index (χ1) is 9.96. The van der Waals surface area contributed by atoms with Crippen molar-refractivity contribution in [3.8, 4) is 0 Å². The number of halogens is 1. The van der Waals surface area contributed by atoms with Crippen LogP contribution in [0.25, 0.3) is 0 Å². The Labute approximate surface area is 122 Å². The van der Waals surface area contributed by atoms with Crippen molar-refractivity contribution in [2.45, 2.75) is 12.2 Å². The number of hydrogen-bond acceptors (Lipinski definition) is 4. The molecule has 0 aliphatic carbocycles. The van der Waals surface area contributed by atoms with Crippen molar-refractivity contribution in [2.75, 3.05) is 26.2 Å². The number of sulfonamides is 1. The lowest BCUT2D eigenvalue weighted by molar-refractivity contribution is 0.158. The minimum Gasteiger partial charge on any atom is -0.448 e. The molecule has 6 nitrogen and oxygen atoms in total. The van der Waals surface area contributed by atoms with Crippen LogP contribution in [-0.4, -0.2) is 45.7 Å². The number of cyclic esters (lactones) is 1. The molecule has 8 heteroatoms. The van der Waals surface area contributed by atoms with Gasteiger partial charge in [0.1, 0.15) is 12.4 Å². The second-order valence-corrected chi connectivity index (χ2v) is 6.54. The van der Waals surface area contributed by atoms with Gasteiger partial charge in [-0.2, -0.15) is 0 Å². The van der Waals surface area contributed by atoms with Gasteiger partial charge in [-0.25, -0.2) is 22.3 Å². The summed E-state index contributed by atoms with van der Waals surface area (Å²) < 4.78 is 43.6. The number of carbonyl (C=O) groups is 1. The molecule has 0 aromatic heterocycles. The molecule has 1 heterocycles. The average Bonchev–Trinajstić information content (AvgIpc) is 2.83. The van der Waals surface area contributed by atoms with Gasteiger partial charge < -0.3 is 9.64 Å². The fourth-order valence-corrected chi connectivity index (χ4v) is 3.17. The first-order valence-corrected chi connectivity index (χ1v) is 8.25. The third-order valence-corrected chi connectivity index (χ3v) is 4.40. The topological polar surface area (TPSA) is 75.7 Å². The number of carbonyl (C=O) groups excluding carboxylic acids is 1. The van der Waals surface area contributed by atoms with Crippen LogP contribution in [0.4, 0.5) is 9.18 Å². The van der Waals surface area contributed by atoms with Crippen molar-refractivity contribution in [1.29, 1.82) is 0 Å². The van der Waals surface area contributed by atoms with Gasteiger partial charge in [0.2, 0.25) is 10.0 Å². The third-order valence-electron chi connectivity index (χ3n) is 3.04. The van der Waals surface area contributed by atoms with E-state index in [1.54, 1.807) is 0 Å². The number of ether oxygens (including phenoxy) is 1. The minimum absolute atomic E-state index is 0.195. The molecule has 0 unspecified atom stereocenters. The largest absolute Gasteiger partial charge is 0.448 e. The molecule has 0 spiro atoms. The van der Waals surface area contributed by atoms with Crippen molar-refractivity contribution in [1.82, 2.24) is 9.62 Å². The van der Waals surface area contributed by atoms with E-state index in [-0.39, 0.29) is 18.4 Å². The van der Waals surface area contributed by atoms with Gasteiger partial charge in [-0.3, -0.25) is 0 Å². The van der Waals surface area contributed by atoms with Gasteiger partial charge in [-0.05, 0) is 24.1 Å². The van der Waals surface area contributed by atoms with Gasteiger partial charge in [-0.15, -0.1) is 0 Å². The molecule has 0 saturated carbocycles. The summed E-state index contributed by atoms with van der Waals surface area (Å²) in [5, 5.41) is 0. The van der Waals surface area contributed by atoms with E-state index >= 15 is 0 Å². The fraction of sp³-hybridized carbons (Fsp3) is 0.462. The minimum atomic E-state index is -3.46. The van der Waals surface area contributed by atoms with E-state index in [4.69, 9.17) is 4.74 Å². The Kier molecular flexibility index (Phi) is 5.13. The van der Waals surface area contributed by atoms with Gasteiger partial charge >= 0.3 is 6.09 Å². The van der Waals surface area contributed by atoms with Crippen LogP contribution in [0.5, 0.6) is 0 Å². The lowest BCUT2D eigenvalue weighted by atomic mass is 10.2. The van der Waals surface area contributed by atoms with Crippen LogP contribution in [0.1, 0.15) is 12.0 Å². The monoisotopic (exact) mass is 316 g/mol. The summed E-state index contributed by atoms with van der Waals surface area (Å²) >= 11 is 0. The molecule has 21 heavy (non-hydrogen) atoms. The Morgan fingerprint density at radius 3 is 2.62 bits per heavy atom. The Bertz CT molecular complexity index is 589. The zero-order valence-electron chi connectivity index (χ0n) is 11.4. The molecular weight excluding hydrogens is 299 g/mol. The van der Waals surface area contributed by atoms with E-state index in [9.17, 15) is 17.6 Å². The molecule has 1 aliphatic heterocycles. The molecule has 0 radical (unpaired) electrons. The van der Waals surface area contributed by atoms with E-state index in [0.29, 0.717) is 31.7 Å². The van der Waals surface area contributed by atoms with Crippen LogP contribution in [0.15, 0.2) is 24.3 Å². The van der Waals surface area contributed by atoms with Crippen molar-refractivity contribution < 1.29 is 22.3 Å². The maximum Gasteiger partial charge on any atom is 0.409 e. The van der Waals surface area contributed by atoms with Crippen LogP contribution < -0.4 is 4.72 Å². The SMILES string of the molecule is O=C1OCCN1CCCNS(=O)(=O)Cc1ccc(F)cc1. The van der Waals surface area contributed by atoms with E-state index in [1.807, 2.05) is 0 Å². The number of nitrogens with zero attached hydrogens (tertiary/aromatic N) is 1. The fourth-order valence-electron chi connectivity index (χ4n) is 1.98. The molecule has 1 N–H and O–H groups in total. The highest BCUT2D eigenvalue weighted by Gasteiger charge is 2.21. The molecule has 0 bridgehead atoms. The molecular formula is C13H17FN2O4S. The Morgan fingerprint density at radius 2 is 2.00 bits per heavy atom. The van der Waals surface area contributed by atoms with Gasteiger partial charge in [0, 0.05) is 13.1 Å². The molecule has 1 aliphatic rings. The number of amides is 1. The van der Waals surface area contributed by atoms with E-state index in [0.717, 1.165) is 0 Å². The maximum absolute atomic E-state index is 12.7. The molecule has 1 aromatic carbocycles. The second-order valence-electron chi connectivity index (χ2n) is 4.73. The summed E-state index contributed by atoms with van der Waals surface area (Å²) in [6.45, 7) is 1.63. The number of benzene rings is 1. The summed E-state index contributed by atoms with van der Waals surface area (Å²) in [4.78, 5) is 12.7. The zero-order valence-corrected chi connectivity index (χ0v) is 12.2. The molecule has 1 aromatic rings. The van der Waals surface area contributed by atoms with E-state index in [1.165, 1.54) is 29.2 Å². The van der Waals surface area contributed by atoms with E-state index in [2.05, 4.69) is 4.72 Å². The average molecular weight is 316 g/mol. The Morgan fingerprint density at radius 1 is 1.29 bits per heavy atom. The summed E-state index contributed by atoms with van der Waals surface area (Å²) in [5.74, 6) is -0.597. The van der Waals surface area contributed by atoms with Gasteiger partial charge in [0.15, 0.2) is 0 Å². The van der Waals surface area contributed by atoms with Crippen molar-refractivity contribution in [2.24, 2.45) is 0 Å². The molecule has 116 valence electrons. The number of rotatable bonds is 7. The van der Waals surface area contributed by atoms with Crippen molar-refractivity contribution in [3.63, 3.8) is 0 Å². The first kappa shape index (κ1) is 15.7. The highest BCUT2D eigenvalue weighted by molar-refractivity contribution is 7.88. The van der Waals surface area contributed by atoms with Crippen LogP contribution in [0.3, 0.4) is 0 Å². The second kappa shape index (κ2) is 6.86. The van der Waals surface area contributed by atoms with Gasteiger partial charge in [0.25, 0.3) is 0 Å². The molecule has 1 amide bonds. The van der Waals surface area contributed by atoms with Crippen LogP contribution in [0, 0.1) is 5.82 Å². The highest BCUT2D eigenvalue weighted by atomic mass is 32.2. The van der Waals surface area contributed by atoms with Crippen LogP contribution in [-0.2, 0) is 20.5 Å². The zero-order chi connectivity index (χ0) is 15.3. The van der Waals surface area contributed by atoms with Crippen LogP contribution in [0.2, 0.25) is 0 Å². The van der Waals surface area contributed by atoms with E-state index < -0.39 is 15.8 Å². The highest BCUT2D eigenvalue weighted by Crippen LogP contribution is 2.07. The maximum atomic E-state index is 12.7. The quantitative estimate of drug-likeness (QED) is 0.764. The van der Waals surface area contributed by atoms with Gasteiger partial charge in [-0.1, -0.05) is 12.1 Å². The summed E-state index contributed by atoms with van der Waals surface area (Å²) in [6, 6.07) is 5.33. The normalized spacial score (nSPS) is 15.3. The van der Waals surface area contributed by atoms with Crippen molar-refractivity contribution in [3.05, 3.63) is 35.6 Å². The Balaban J connectivity index is 1.73. The molecule has 2 rings (SSSR count). The summed E-state index contributed by atoms with van der Waals surface area (Å²) in [6.07, 6.45) is 0.154. The standard InChI is InChI=1S/C13H17FN2O4S/c14-12-4-2-11(3-5-12)10-21(18,19)15-6-1-7-16-8-9-20-13(16)17/h2-5,15H,1,6-10H2. The molecule has 1 fully saturated rings. The Hall–Kier alpha value is -1.67. The number of nitrogens with one attached hydrogen (secondary N) is 1. The first-order valence-electron chi connectivity index (χ1n) is 6.60. The molecule has 0 atom stereocenters. The van der Waals surface area contributed by atoms with Crippen LogP contribution >= 0.6 is 0 Å². The van der Waals surface area contributed by atoms with Crippen molar-refractivity contribution >= 4 is 16.1 Å². The van der Waals surface area contributed by atoms with Gasteiger partial charge in [0.05, 0.1) is 12.3 Å². The lowest BCUT2D eigenvalue weighted by Crippen LogP contribution is -2.31.